The molecule has 0 spiro atoms. The summed E-state index contributed by atoms with van der Waals surface area (Å²) in [7, 11) is 0. The van der Waals surface area contributed by atoms with Crippen LogP contribution in [-0.2, 0) is 0 Å². The van der Waals surface area contributed by atoms with Crippen molar-refractivity contribution in [2.24, 2.45) is 0 Å². The van der Waals surface area contributed by atoms with Crippen LogP contribution in [0.5, 0.6) is 11.5 Å². The molecule has 0 aliphatic carbocycles. The molecule has 0 saturated carbocycles. The highest BCUT2D eigenvalue weighted by atomic mass is 19.1. The summed E-state index contributed by atoms with van der Waals surface area (Å²) in [6, 6.07) is 14.0. The van der Waals surface area contributed by atoms with Crippen LogP contribution in [0.15, 0.2) is 48.7 Å². The molecular formula is C17H11FN2O. The number of nitrogens with zero attached hydrogens (tertiary/aromatic N) is 2. The third kappa shape index (κ3) is 2.41. The number of benzene rings is 2. The van der Waals surface area contributed by atoms with Crippen LogP contribution < -0.4 is 4.74 Å². The van der Waals surface area contributed by atoms with Crippen molar-refractivity contribution in [2.45, 2.75) is 6.92 Å². The van der Waals surface area contributed by atoms with Gasteiger partial charge in [-0.05, 0) is 42.8 Å². The summed E-state index contributed by atoms with van der Waals surface area (Å²) in [5.41, 5.74) is 1.57. The SMILES string of the molecule is Cc1cc(Oc2c(C#N)cnc3ccccc23)ccc1F. The second-order valence-corrected chi connectivity index (χ2v) is 4.64. The molecule has 0 amide bonds. The maximum Gasteiger partial charge on any atom is 0.156 e. The minimum absolute atomic E-state index is 0.289. The third-order valence-electron chi connectivity index (χ3n) is 3.20. The van der Waals surface area contributed by atoms with Crippen molar-refractivity contribution in [3.63, 3.8) is 0 Å². The van der Waals surface area contributed by atoms with Crippen LogP contribution >= 0.6 is 0 Å². The Morgan fingerprint density at radius 2 is 2.00 bits per heavy atom. The minimum atomic E-state index is -0.289. The van der Waals surface area contributed by atoms with E-state index in [9.17, 15) is 9.65 Å². The molecule has 0 unspecified atom stereocenters. The largest absolute Gasteiger partial charge is 0.455 e. The number of halogens is 1. The number of pyridine rings is 1. The predicted molar refractivity (Wildman–Crippen MR) is 77.7 cm³/mol. The van der Waals surface area contributed by atoms with Gasteiger partial charge in [-0.2, -0.15) is 5.26 Å². The maximum atomic E-state index is 13.3. The Labute approximate surface area is 121 Å². The van der Waals surface area contributed by atoms with Gasteiger partial charge in [-0.3, -0.25) is 4.98 Å². The number of aromatic nitrogens is 1. The molecule has 0 radical (unpaired) electrons. The van der Waals surface area contributed by atoms with E-state index in [2.05, 4.69) is 11.1 Å². The molecule has 1 aromatic heterocycles. The zero-order valence-corrected chi connectivity index (χ0v) is 11.3. The summed E-state index contributed by atoms with van der Waals surface area (Å²) >= 11 is 0. The van der Waals surface area contributed by atoms with E-state index in [1.165, 1.54) is 12.3 Å². The van der Waals surface area contributed by atoms with Gasteiger partial charge in [0.1, 0.15) is 23.2 Å². The lowest BCUT2D eigenvalue weighted by Crippen LogP contribution is -1.93. The van der Waals surface area contributed by atoms with Gasteiger partial charge in [-0.1, -0.05) is 12.1 Å². The number of ether oxygens (including phenoxy) is 1. The van der Waals surface area contributed by atoms with Crippen molar-refractivity contribution in [3.05, 3.63) is 65.6 Å². The van der Waals surface area contributed by atoms with E-state index in [1.807, 2.05) is 24.3 Å². The van der Waals surface area contributed by atoms with Crippen LogP contribution in [0.3, 0.4) is 0 Å². The van der Waals surface area contributed by atoms with Crippen molar-refractivity contribution >= 4 is 10.9 Å². The molecule has 0 N–H and O–H groups in total. The van der Waals surface area contributed by atoms with Gasteiger partial charge in [0.15, 0.2) is 5.75 Å². The molecule has 4 heteroatoms. The lowest BCUT2D eigenvalue weighted by Gasteiger charge is -2.11. The van der Waals surface area contributed by atoms with Crippen molar-refractivity contribution in [1.82, 2.24) is 4.98 Å². The molecule has 21 heavy (non-hydrogen) atoms. The van der Waals surface area contributed by atoms with Crippen molar-refractivity contribution in [3.8, 4) is 17.6 Å². The van der Waals surface area contributed by atoms with Crippen molar-refractivity contribution in [2.75, 3.05) is 0 Å². The Balaban J connectivity index is 2.14. The zero-order valence-electron chi connectivity index (χ0n) is 11.3. The second kappa shape index (κ2) is 5.22. The summed E-state index contributed by atoms with van der Waals surface area (Å²) in [5, 5.41) is 9.97. The van der Waals surface area contributed by atoms with E-state index >= 15 is 0 Å². The topological polar surface area (TPSA) is 45.9 Å². The predicted octanol–water partition coefficient (Wildman–Crippen LogP) is 4.35. The highest BCUT2D eigenvalue weighted by Gasteiger charge is 2.11. The Kier molecular flexibility index (Phi) is 3.25. The van der Waals surface area contributed by atoms with Crippen LogP contribution in [0.25, 0.3) is 10.9 Å². The molecule has 0 aliphatic heterocycles. The lowest BCUT2D eigenvalue weighted by atomic mass is 10.1. The van der Waals surface area contributed by atoms with Gasteiger partial charge in [-0.25, -0.2) is 4.39 Å². The first-order valence-corrected chi connectivity index (χ1v) is 6.41. The van der Waals surface area contributed by atoms with Crippen LogP contribution in [0.4, 0.5) is 4.39 Å². The summed E-state index contributed by atoms with van der Waals surface area (Å²) in [5.74, 6) is 0.637. The third-order valence-corrected chi connectivity index (χ3v) is 3.20. The molecule has 0 bridgehead atoms. The van der Waals surface area contributed by atoms with Gasteiger partial charge < -0.3 is 4.74 Å². The first kappa shape index (κ1) is 13.1. The average molecular weight is 278 g/mol. The van der Waals surface area contributed by atoms with Crippen LogP contribution in [-0.4, -0.2) is 4.98 Å². The molecule has 3 aromatic rings. The molecule has 2 aromatic carbocycles. The molecule has 0 aliphatic rings. The molecule has 1 heterocycles. The Hall–Kier alpha value is -2.93. The number of nitriles is 1. The number of para-hydroxylation sites is 1. The molecule has 0 saturated heterocycles. The van der Waals surface area contributed by atoms with E-state index in [0.29, 0.717) is 22.6 Å². The lowest BCUT2D eigenvalue weighted by molar-refractivity contribution is 0.483. The molecule has 0 fully saturated rings. The van der Waals surface area contributed by atoms with Gasteiger partial charge in [0.2, 0.25) is 0 Å². The van der Waals surface area contributed by atoms with E-state index in [4.69, 9.17) is 4.74 Å². The minimum Gasteiger partial charge on any atom is -0.455 e. The maximum absolute atomic E-state index is 13.3. The molecular weight excluding hydrogens is 267 g/mol. The first-order valence-electron chi connectivity index (χ1n) is 6.41. The summed E-state index contributed by atoms with van der Waals surface area (Å²) in [6.07, 6.45) is 1.48. The highest BCUT2D eigenvalue weighted by molar-refractivity contribution is 5.87. The standard InChI is InChI=1S/C17H11FN2O/c1-11-8-13(6-7-15(11)18)21-17-12(9-19)10-20-16-5-3-2-4-14(16)17/h2-8,10H,1H3. The van der Waals surface area contributed by atoms with Gasteiger partial charge >= 0.3 is 0 Å². The normalized spacial score (nSPS) is 10.3. The van der Waals surface area contributed by atoms with Gasteiger partial charge in [0, 0.05) is 11.6 Å². The summed E-state index contributed by atoms with van der Waals surface area (Å²) in [4.78, 5) is 4.22. The quantitative estimate of drug-likeness (QED) is 0.700. The van der Waals surface area contributed by atoms with E-state index in [-0.39, 0.29) is 5.82 Å². The Morgan fingerprint density at radius 3 is 2.76 bits per heavy atom. The number of rotatable bonds is 2. The molecule has 3 rings (SSSR count). The number of fused-ring (bicyclic) bond motifs is 1. The fourth-order valence-corrected chi connectivity index (χ4v) is 2.10. The fourth-order valence-electron chi connectivity index (χ4n) is 2.10. The van der Waals surface area contributed by atoms with E-state index < -0.39 is 0 Å². The Morgan fingerprint density at radius 1 is 1.19 bits per heavy atom. The number of aryl methyl sites for hydroxylation is 1. The van der Waals surface area contributed by atoms with E-state index in [1.54, 1.807) is 19.1 Å². The van der Waals surface area contributed by atoms with Crippen molar-refractivity contribution < 1.29 is 9.13 Å². The van der Waals surface area contributed by atoms with Gasteiger partial charge in [0.25, 0.3) is 0 Å². The number of hydrogen-bond donors (Lipinski definition) is 0. The van der Waals surface area contributed by atoms with Crippen molar-refractivity contribution in [1.29, 1.82) is 5.26 Å². The van der Waals surface area contributed by atoms with Crippen LogP contribution in [0.2, 0.25) is 0 Å². The monoisotopic (exact) mass is 278 g/mol. The molecule has 0 atom stereocenters. The van der Waals surface area contributed by atoms with Gasteiger partial charge in [-0.15, -0.1) is 0 Å². The molecule has 3 nitrogen and oxygen atoms in total. The second-order valence-electron chi connectivity index (χ2n) is 4.64. The summed E-state index contributed by atoms with van der Waals surface area (Å²) in [6.45, 7) is 1.66. The average Bonchev–Trinajstić information content (AvgIpc) is 2.51. The Bertz CT molecular complexity index is 868. The van der Waals surface area contributed by atoms with Crippen LogP contribution in [0.1, 0.15) is 11.1 Å². The van der Waals surface area contributed by atoms with Crippen LogP contribution in [0, 0.1) is 24.1 Å². The van der Waals surface area contributed by atoms with E-state index in [0.717, 1.165) is 10.9 Å². The molecule has 102 valence electrons. The highest BCUT2D eigenvalue weighted by Crippen LogP contribution is 2.32. The first-order chi connectivity index (χ1) is 10.2. The van der Waals surface area contributed by atoms with Gasteiger partial charge in [0.05, 0.1) is 5.52 Å². The summed E-state index contributed by atoms with van der Waals surface area (Å²) < 4.78 is 19.1. The number of hydrogen-bond acceptors (Lipinski definition) is 3. The zero-order chi connectivity index (χ0) is 14.8. The fraction of sp³-hybridized carbons (Fsp3) is 0.0588. The smallest absolute Gasteiger partial charge is 0.156 e.